The van der Waals surface area contributed by atoms with E-state index in [1.165, 1.54) is 4.90 Å². The summed E-state index contributed by atoms with van der Waals surface area (Å²) in [4.78, 5) is 34.7. The zero-order valence-corrected chi connectivity index (χ0v) is 17.5. The first-order chi connectivity index (χ1) is 15.0. The minimum Gasteiger partial charge on any atom is -0.346 e. The summed E-state index contributed by atoms with van der Waals surface area (Å²) >= 11 is 6.05. The number of amides is 2. The molecule has 5 rings (SSSR count). The lowest BCUT2D eigenvalue weighted by Crippen LogP contribution is -2.45. The van der Waals surface area contributed by atoms with Crippen molar-refractivity contribution >= 4 is 40.1 Å². The number of halogens is 1. The summed E-state index contributed by atoms with van der Waals surface area (Å²) in [5.74, 6) is -0.467. The normalized spacial score (nSPS) is 16.2. The van der Waals surface area contributed by atoms with Crippen molar-refractivity contribution in [2.24, 2.45) is 0 Å². The molecular weight excluding hydrogens is 412 g/mol. The van der Waals surface area contributed by atoms with Crippen LogP contribution in [0.4, 0.5) is 5.69 Å². The van der Waals surface area contributed by atoms with Crippen LogP contribution in [0.2, 0.25) is 5.02 Å². The number of likely N-dealkylation sites (N-methyl/N-ethyl adjacent to an activating group) is 1. The maximum absolute atomic E-state index is 13.0. The van der Waals surface area contributed by atoms with Crippen molar-refractivity contribution in [1.82, 2.24) is 15.3 Å². The Kier molecular flexibility index (Phi) is 4.71. The standard InChI is InChI=1S/C24H19ClN4O2/c1-29-21-7-6-16(25)13-19(21)23(30)28-20(24(29)31)12-14-2-4-15(5-3-14)17-8-10-26-22-18(17)9-11-27-22/h2-11,13,20H,12H2,1H3,(H,26,27)(H,28,30)/t20-/m0/s1. The molecule has 31 heavy (non-hydrogen) atoms. The average Bonchev–Trinajstić information content (AvgIpc) is 3.24. The van der Waals surface area contributed by atoms with Crippen LogP contribution in [-0.2, 0) is 11.2 Å². The first-order valence-corrected chi connectivity index (χ1v) is 10.3. The lowest BCUT2D eigenvalue weighted by molar-refractivity contribution is -0.120. The number of hydrogen-bond donors (Lipinski definition) is 2. The van der Waals surface area contributed by atoms with Crippen molar-refractivity contribution in [2.75, 3.05) is 11.9 Å². The van der Waals surface area contributed by atoms with Crippen molar-refractivity contribution in [1.29, 1.82) is 0 Å². The van der Waals surface area contributed by atoms with Crippen molar-refractivity contribution in [3.8, 4) is 11.1 Å². The van der Waals surface area contributed by atoms with E-state index in [1.54, 1.807) is 31.4 Å². The molecule has 0 spiro atoms. The fourth-order valence-electron chi connectivity index (χ4n) is 4.04. The number of aromatic nitrogens is 2. The lowest BCUT2D eigenvalue weighted by atomic mass is 9.99. The molecule has 1 aliphatic rings. The molecule has 1 aliphatic heterocycles. The van der Waals surface area contributed by atoms with Gasteiger partial charge in [-0.3, -0.25) is 9.59 Å². The van der Waals surface area contributed by atoms with Gasteiger partial charge in [-0.2, -0.15) is 0 Å². The van der Waals surface area contributed by atoms with Crippen LogP contribution in [0.5, 0.6) is 0 Å². The zero-order chi connectivity index (χ0) is 21.5. The van der Waals surface area contributed by atoms with E-state index in [4.69, 9.17) is 11.6 Å². The molecule has 2 amide bonds. The van der Waals surface area contributed by atoms with Crippen LogP contribution in [0, 0.1) is 0 Å². The Morgan fingerprint density at radius 1 is 1.03 bits per heavy atom. The first kappa shape index (κ1) is 19.3. The molecule has 6 nitrogen and oxygen atoms in total. The molecule has 3 heterocycles. The number of fused-ring (bicyclic) bond motifs is 2. The van der Waals surface area contributed by atoms with Gasteiger partial charge in [0.2, 0.25) is 5.91 Å². The third-order valence-electron chi connectivity index (χ3n) is 5.66. The number of hydrogen-bond acceptors (Lipinski definition) is 3. The summed E-state index contributed by atoms with van der Waals surface area (Å²) in [5.41, 5.74) is 4.90. The monoisotopic (exact) mass is 430 g/mol. The Morgan fingerprint density at radius 2 is 1.84 bits per heavy atom. The molecule has 0 saturated carbocycles. The highest BCUT2D eigenvalue weighted by Crippen LogP contribution is 2.29. The second-order valence-corrected chi connectivity index (χ2v) is 8.02. The Bertz CT molecular complexity index is 1310. The molecule has 0 bridgehead atoms. The van der Waals surface area contributed by atoms with Gasteiger partial charge in [0, 0.05) is 36.3 Å². The molecular formula is C24H19ClN4O2. The Morgan fingerprint density at radius 3 is 2.65 bits per heavy atom. The summed E-state index contributed by atoms with van der Waals surface area (Å²) in [6.45, 7) is 0. The zero-order valence-electron chi connectivity index (χ0n) is 16.7. The highest BCUT2D eigenvalue weighted by Gasteiger charge is 2.32. The summed E-state index contributed by atoms with van der Waals surface area (Å²) < 4.78 is 0. The molecule has 0 aliphatic carbocycles. The Labute approximate surface area is 183 Å². The van der Waals surface area contributed by atoms with Gasteiger partial charge in [0.25, 0.3) is 5.91 Å². The number of benzene rings is 2. The second kappa shape index (κ2) is 7.56. The largest absolute Gasteiger partial charge is 0.346 e. The summed E-state index contributed by atoms with van der Waals surface area (Å²) in [7, 11) is 1.68. The van der Waals surface area contributed by atoms with E-state index in [-0.39, 0.29) is 11.8 Å². The predicted molar refractivity (Wildman–Crippen MR) is 121 cm³/mol. The number of carbonyl (C=O) groups is 2. The highest BCUT2D eigenvalue weighted by atomic mass is 35.5. The third kappa shape index (κ3) is 3.45. The van der Waals surface area contributed by atoms with Gasteiger partial charge in [0.15, 0.2) is 0 Å². The number of anilines is 1. The third-order valence-corrected chi connectivity index (χ3v) is 5.90. The summed E-state index contributed by atoms with van der Waals surface area (Å²) in [6.07, 6.45) is 4.05. The highest BCUT2D eigenvalue weighted by molar-refractivity contribution is 6.31. The van der Waals surface area contributed by atoms with Crippen LogP contribution in [-0.4, -0.2) is 34.9 Å². The van der Waals surface area contributed by atoms with E-state index in [9.17, 15) is 9.59 Å². The number of carbonyl (C=O) groups excluding carboxylic acids is 2. The Balaban J connectivity index is 1.41. The van der Waals surface area contributed by atoms with Crippen LogP contribution in [0.1, 0.15) is 15.9 Å². The van der Waals surface area contributed by atoms with Gasteiger partial charge in [-0.15, -0.1) is 0 Å². The molecule has 2 N–H and O–H groups in total. The topological polar surface area (TPSA) is 78.1 Å². The van der Waals surface area contributed by atoms with E-state index < -0.39 is 6.04 Å². The minimum absolute atomic E-state index is 0.165. The smallest absolute Gasteiger partial charge is 0.254 e. The summed E-state index contributed by atoms with van der Waals surface area (Å²) in [5, 5.41) is 4.37. The van der Waals surface area contributed by atoms with Gasteiger partial charge in [0.1, 0.15) is 11.7 Å². The van der Waals surface area contributed by atoms with E-state index >= 15 is 0 Å². The maximum Gasteiger partial charge on any atom is 0.254 e. The van der Waals surface area contributed by atoms with Gasteiger partial charge in [-0.1, -0.05) is 35.9 Å². The number of nitrogens with one attached hydrogen (secondary N) is 2. The van der Waals surface area contributed by atoms with Crippen molar-refractivity contribution in [3.63, 3.8) is 0 Å². The Hall–Kier alpha value is -3.64. The fourth-order valence-corrected chi connectivity index (χ4v) is 4.21. The molecule has 1 atom stereocenters. The minimum atomic E-state index is -0.660. The van der Waals surface area contributed by atoms with Crippen LogP contribution in [0.25, 0.3) is 22.2 Å². The van der Waals surface area contributed by atoms with Gasteiger partial charge < -0.3 is 15.2 Å². The van der Waals surface area contributed by atoms with Crippen molar-refractivity contribution in [2.45, 2.75) is 12.5 Å². The SMILES string of the molecule is CN1C(=O)[C@H](Cc2ccc(-c3ccnc4[nH]ccc34)cc2)NC(=O)c2cc(Cl)ccc21. The quantitative estimate of drug-likeness (QED) is 0.511. The number of H-pyrrole nitrogens is 1. The van der Waals surface area contributed by atoms with Crippen LogP contribution in [0.15, 0.2) is 67.0 Å². The second-order valence-electron chi connectivity index (χ2n) is 7.58. The molecule has 4 aromatic rings. The number of nitrogens with zero attached hydrogens (tertiary/aromatic N) is 2. The molecule has 0 saturated heterocycles. The molecule has 2 aromatic heterocycles. The number of rotatable bonds is 3. The van der Waals surface area contributed by atoms with Gasteiger partial charge in [-0.05, 0) is 47.0 Å². The van der Waals surface area contributed by atoms with Crippen molar-refractivity contribution < 1.29 is 9.59 Å². The van der Waals surface area contributed by atoms with Crippen LogP contribution < -0.4 is 10.2 Å². The molecule has 0 radical (unpaired) electrons. The predicted octanol–water partition coefficient (Wildman–Crippen LogP) is 4.20. The molecule has 7 heteroatoms. The molecule has 154 valence electrons. The van der Waals surface area contributed by atoms with Crippen molar-refractivity contribution in [3.05, 3.63) is 83.1 Å². The molecule has 0 unspecified atom stereocenters. The number of pyridine rings is 1. The molecule has 2 aromatic carbocycles. The van der Waals surface area contributed by atoms with Gasteiger partial charge in [-0.25, -0.2) is 4.98 Å². The maximum atomic E-state index is 13.0. The van der Waals surface area contributed by atoms with E-state index in [0.717, 1.165) is 27.7 Å². The van der Waals surface area contributed by atoms with Gasteiger partial charge in [0.05, 0.1) is 11.3 Å². The number of aromatic amines is 1. The lowest BCUT2D eigenvalue weighted by Gasteiger charge is -2.21. The van der Waals surface area contributed by atoms with Crippen LogP contribution in [0.3, 0.4) is 0 Å². The van der Waals surface area contributed by atoms with E-state index in [2.05, 4.69) is 15.3 Å². The molecule has 0 fully saturated rings. The van der Waals surface area contributed by atoms with Gasteiger partial charge >= 0.3 is 0 Å². The first-order valence-electron chi connectivity index (χ1n) is 9.90. The van der Waals surface area contributed by atoms with E-state index in [1.807, 2.05) is 42.6 Å². The fraction of sp³-hybridized carbons (Fsp3) is 0.125. The van der Waals surface area contributed by atoms with Crippen LogP contribution >= 0.6 is 11.6 Å². The average molecular weight is 431 g/mol. The summed E-state index contributed by atoms with van der Waals surface area (Å²) in [6, 6.07) is 16.3. The van der Waals surface area contributed by atoms with E-state index in [0.29, 0.717) is 22.7 Å².